The van der Waals surface area contributed by atoms with Crippen molar-refractivity contribution in [2.75, 3.05) is 0 Å². The van der Waals surface area contributed by atoms with Crippen LogP contribution in [0.1, 0.15) is 11.1 Å². The summed E-state index contributed by atoms with van der Waals surface area (Å²) in [4.78, 5) is 0. The summed E-state index contributed by atoms with van der Waals surface area (Å²) in [6.07, 6.45) is 0. The van der Waals surface area contributed by atoms with E-state index in [1.165, 1.54) is 0 Å². The number of para-hydroxylation sites is 1. The molecule has 0 spiro atoms. The van der Waals surface area contributed by atoms with Crippen molar-refractivity contribution in [1.82, 2.24) is 9.78 Å². The van der Waals surface area contributed by atoms with Gasteiger partial charge < -0.3 is 0 Å². The van der Waals surface area contributed by atoms with Crippen molar-refractivity contribution < 1.29 is 4.39 Å². The average Bonchev–Trinajstić information content (AvgIpc) is 3.02. The monoisotopic (exact) mass is 316 g/mol. The Morgan fingerprint density at radius 2 is 1.42 bits per heavy atom. The first-order chi connectivity index (χ1) is 11.8. The predicted molar refractivity (Wildman–Crippen MR) is 95.5 cm³/mol. The summed E-state index contributed by atoms with van der Waals surface area (Å²) < 4.78 is 14.7. The molecule has 0 saturated carbocycles. The fourth-order valence-corrected chi connectivity index (χ4v) is 2.96. The Morgan fingerprint density at radius 1 is 0.750 bits per heavy atom. The van der Waals surface area contributed by atoms with Gasteiger partial charge in [-0.1, -0.05) is 72.8 Å². The molecule has 0 aliphatic heterocycles. The topological polar surface area (TPSA) is 17.8 Å². The molecule has 0 radical (unpaired) electrons. The van der Waals surface area contributed by atoms with Crippen molar-refractivity contribution in [3.63, 3.8) is 0 Å². The van der Waals surface area contributed by atoms with E-state index in [1.807, 2.05) is 59.3 Å². The maximum Gasteiger partial charge on any atom is 0.115 e. The van der Waals surface area contributed by atoms with Crippen LogP contribution in [0.2, 0.25) is 0 Å². The molecule has 3 aromatic carbocycles. The molecule has 0 aliphatic rings. The predicted octanol–water partition coefficient (Wildman–Crippen LogP) is 5.22. The van der Waals surface area contributed by atoms with Crippen LogP contribution in [-0.4, -0.2) is 9.78 Å². The van der Waals surface area contributed by atoms with Gasteiger partial charge in [0, 0.05) is 10.9 Å². The second kappa shape index (κ2) is 6.28. The molecule has 4 rings (SSSR count). The number of hydrogen-bond acceptors (Lipinski definition) is 1. The molecular formula is C21H17FN2. The Kier molecular flexibility index (Phi) is 3.83. The van der Waals surface area contributed by atoms with Gasteiger partial charge in [-0.2, -0.15) is 5.10 Å². The van der Waals surface area contributed by atoms with Crippen LogP contribution in [0.15, 0.2) is 78.9 Å². The highest BCUT2D eigenvalue weighted by atomic mass is 19.1. The van der Waals surface area contributed by atoms with Gasteiger partial charge in [0.1, 0.15) is 12.4 Å². The van der Waals surface area contributed by atoms with Crippen LogP contribution in [0.4, 0.5) is 4.39 Å². The third kappa shape index (κ3) is 2.69. The van der Waals surface area contributed by atoms with Crippen LogP contribution >= 0.6 is 0 Å². The van der Waals surface area contributed by atoms with Crippen LogP contribution in [0, 0.1) is 0 Å². The van der Waals surface area contributed by atoms with E-state index in [9.17, 15) is 4.39 Å². The minimum atomic E-state index is -0.427. The summed E-state index contributed by atoms with van der Waals surface area (Å²) in [6.45, 7) is 0.239. The lowest BCUT2D eigenvalue weighted by Crippen LogP contribution is -2.01. The van der Waals surface area contributed by atoms with Gasteiger partial charge in [0.25, 0.3) is 0 Å². The highest BCUT2D eigenvalue weighted by Gasteiger charge is 2.11. The highest BCUT2D eigenvalue weighted by Crippen LogP contribution is 2.28. The summed E-state index contributed by atoms with van der Waals surface area (Å²) >= 11 is 0. The van der Waals surface area contributed by atoms with Crippen molar-refractivity contribution in [1.29, 1.82) is 0 Å². The van der Waals surface area contributed by atoms with Crippen molar-refractivity contribution in [2.45, 2.75) is 13.2 Å². The summed E-state index contributed by atoms with van der Waals surface area (Å²) in [7, 11) is 0. The SMILES string of the molecule is FCc1ccc(Cn2nc(-c3ccccc3)c3ccccc32)cc1. The van der Waals surface area contributed by atoms with E-state index in [0.29, 0.717) is 12.1 Å². The zero-order valence-electron chi connectivity index (χ0n) is 13.2. The van der Waals surface area contributed by atoms with Crippen LogP contribution < -0.4 is 0 Å². The van der Waals surface area contributed by atoms with E-state index in [-0.39, 0.29) is 0 Å². The fourth-order valence-electron chi connectivity index (χ4n) is 2.96. The standard InChI is InChI=1S/C21H17FN2/c22-14-16-10-12-17(13-11-16)15-24-20-9-5-4-8-19(20)21(23-24)18-6-2-1-3-7-18/h1-13H,14-15H2. The number of benzene rings is 3. The number of halogens is 1. The second-order valence-corrected chi connectivity index (χ2v) is 5.84. The molecule has 24 heavy (non-hydrogen) atoms. The van der Waals surface area contributed by atoms with Gasteiger partial charge >= 0.3 is 0 Å². The molecule has 1 aromatic heterocycles. The summed E-state index contributed by atoms with van der Waals surface area (Å²) in [5.74, 6) is 0. The molecule has 0 fully saturated rings. The lowest BCUT2D eigenvalue weighted by atomic mass is 10.1. The van der Waals surface area contributed by atoms with E-state index in [0.717, 1.165) is 27.7 Å². The first-order valence-electron chi connectivity index (χ1n) is 8.00. The molecule has 0 N–H and O–H groups in total. The Bertz CT molecular complexity index is 956. The normalized spacial score (nSPS) is 11.0. The summed E-state index contributed by atoms with van der Waals surface area (Å²) in [5.41, 5.74) is 5.02. The van der Waals surface area contributed by atoms with Crippen molar-refractivity contribution in [3.05, 3.63) is 90.0 Å². The first kappa shape index (κ1) is 14.6. The maximum absolute atomic E-state index is 12.7. The quantitative estimate of drug-likeness (QED) is 0.504. The largest absolute Gasteiger partial charge is 0.260 e. The Balaban J connectivity index is 1.78. The number of hydrogen-bond donors (Lipinski definition) is 0. The minimum absolute atomic E-state index is 0.427. The average molecular weight is 316 g/mol. The van der Waals surface area contributed by atoms with E-state index in [4.69, 9.17) is 5.10 Å². The van der Waals surface area contributed by atoms with Gasteiger partial charge in [0.15, 0.2) is 0 Å². The zero-order chi connectivity index (χ0) is 16.4. The van der Waals surface area contributed by atoms with E-state index >= 15 is 0 Å². The molecule has 4 aromatic rings. The first-order valence-corrected chi connectivity index (χ1v) is 8.00. The van der Waals surface area contributed by atoms with Gasteiger partial charge in [-0.3, -0.25) is 4.68 Å². The Labute approximate surface area is 140 Å². The number of rotatable bonds is 4. The molecular weight excluding hydrogens is 299 g/mol. The van der Waals surface area contributed by atoms with Gasteiger partial charge in [0.05, 0.1) is 12.1 Å². The Hall–Kier alpha value is -2.94. The zero-order valence-corrected chi connectivity index (χ0v) is 13.2. The third-order valence-electron chi connectivity index (χ3n) is 4.21. The molecule has 2 nitrogen and oxygen atoms in total. The molecule has 0 atom stereocenters. The Morgan fingerprint density at radius 3 is 2.17 bits per heavy atom. The van der Waals surface area contributed by atoms with Gasteiger partial charge in [0.2, 0.25) is 0 Å². The minimum Gasteiger partial charge on any atom is -0.260 e. The molecule has 0 saturated heterocycles. The van der Waals surface area contributed by atoms with E-state index < -0.39 is 6.67 Å². The molecule has 1 heterocycles. The van der Waals surface area contributed by atoms with Crippen molar-refractivity contribution in [3.8, 4) is 11.3 Å². The van der Waals surface area contributed by atoms with Crippen LogP contribution in [0.25, 0.3) is 22.2 Å². The number of fused-ring (bicyclic) bond motifs is 1. The van der Waals surface area contributed by atoms with Crippen LogP contribution in [0.5, 0.6) is 0 Å². The molecule has 0 bridgehead atoms. The number of alkyl halides is 1. The smallest absolute Gasteiger partial charge is 0.115 e. The van der Waals surface area contributed by atoms with Gasteiger partial charge in [-0.25, -0.2) is 4.39 Å². The number of nitrogens with zero attached hydrogens (tertiary/aromatic N) is 2. The number of aromatic nitrogens is 2. The summed E-state index contributed by atoms with van der Waals surface area (Å²) in [6, 6.07) is 26.1. The van der Waals surface area contributed by atoms with E-state index in [1.54, 1.807) is 0 Å². The molecule has 0 unspecified atom stereocenters. The van der Waals surface area contributed by atoms with Crippen molar-refractivity contribution >= 4 is 10.9 Å². The third-order valence-corrected chi connectivity index (χ3v) is 4.21. The molecule has 0 aliphatic carbocycles. The maximum atomic E-state index is 12.7. The second-order valence-electron chi connectivity index (χ2n) is 5.84. The van der Waals surface area contributed by atoms with Crippen LogP contribution in [-0.2, 0) is 13.2 Å². The summed E-state index contributed by atoms with van der Waals surface area (Å²) in [5, 5.41) is 5.98. The fraction of sp³-hybridized carbons (Fsp3) is 0.0952. The van der Waals surface area contributed by atoms with Gasteiger partial charge in [-0.05, 0) is 17.2 Å². The van der Waals surface area contributed by atoms with Crippen molar-refractivity contribution in [2.24, 2.45) is 0 Å². The van der Waals surface area contributed by atoms with E-state index in [2.05, 4.69) is 24.3 Å². The lowest BCUT2D eigenvalue weighted by Gasteiger charge is -2.04. The van der Waals surface area contributed by atoms with Gasteiger partial charge in [-0.15, -0.1) is 0 Å². The van der Waals surface area contributed by atoms with Crippen LogP contribution in [0.3, 0.4) is 0 Å². The highest BCUT2D eigenvalue weighted by molar-refractivity contribution is 5.93. The lowest BCUT2D eigenvalue weighted by molar-refractivity contribution is 0.485. The molecule has 0 amide bonds. The molecule has 118 valence electrons. The molecule has 3 heteroatoms.